The second-order valence-corrected chi connectivity index (χ2v) is 5.43. The van der Waals surface area contributed by atoms with Gasteiger partial charge in [-0.05, 0) is 40.3 Å². The van der Waals surface area contributed by atoms with E-state index in [4.69, 9.17) is 10.5 Å². The summed E-state index contributed by atoms with van der Waals surface area (Å²) in [6.07, 6.45) is 4.20. The van der Waals surface area contributed by atoms with E-state index in [0.29, 0.717) is 6.61 Å². The van der Waals surface area contributed by atoms with Crippen LogP contribution in [0.5, 0.6) is 0 Å². The lowest BCUT2D eigenvalue weighted by Gasteiger charge is -2.28. The Hall–Kier alpha value is -1.14. The molecule has 0 saturated heterocycles. The molecule has 0 aromatic heterocycles. The van der Waals surface area contributed by atoms with Gasteiger partial charge in [0.05, 0.1) is 12.6 Å². The molecule has 0 aliphatic carbocycles. The third kappa shape index (κ3) is 7.43. The van der Waals surface area contributed by atoms with Crippen LogP contribution in [0.4, 0.5) is 0 Å². The zero-order chi connectivity index (χ0) is 16.3. The summed E-state index contributed by atoms with van der Waals surface area (Å²) < 4.78 is 5.13. The molecule has 0 spiro atoms. The van der Waals surface area contributed by atoms with E-state index in [-0.39, 0.29) is 17.9 Å². The normalized spacial score (nSPS) is 15.2. The Morgan fingerprint density at radius 1 is 1.24 bits per heavy atom. The highest BCUT2D eigenvalue weighted by Crippen LogP contribution is 2.17. The van der Waals surface area contributed by atoms with Crippen molar-refractivity contribution < 1.29 is 14.3 Å². The van der Waals surface area contributed by atoms with Crippen LogP contribution in [0.15, 0.2) is 0 Å². The lowest BCUT2D eigenvalue weighted by Crippen LogP contribution is -2.50. The first kappa shape index (κ1) is 19.9. The SMILES string of the molecule is CCNC(C)(CCCCCC(NC)C(N)=O)C(=O)OCC. The summed E-state index contributed by atoms with van der Waals surface area (Å²) in [6, 6.07) is -0.268. The van der Waals surface area contributed by atoms with E-state index in [1.165, 1.54) is 0 Å². The molecule has 2 unspecified atom stereocenters. The molecule has 6 nitrogen and oxygen atoms in total. The second kappa shape index (κ2) is 10.6. The molecular weight excluding hydrogens is 270 g/mol. The molecule has 1 amide bonds. The summed E-state index contributed by atoms with van der Waals surface area (Å²) in [4.78, 5) is 23.1. The van der Waals surface area contributed by atoms with Crippen molar-refractivity contribution in [3.63, 3.8) is 0 Å². The van der Waals surface area contributed by atoms with Crippen molar-refractivity contribution in [2.45, 2.75) is 64.5 Å². The van der Waals surface area contributed by atoms with Crippen LogP contribution >= 0.6 is 0 Å². The third-order valence-electron chi connectivity index (χ3n) is 3.65. The maximum Gasteiger partial charge on any atom is 0.326 e. The average molecular weight is 301 g/mol. The lowest BCUT2D eigenvalue weighted by molar-refractivity contribution is -0.150. The summed E-state index contributed by atoms with van der Waals surface area (Å²) in [5.74, 6) is -0.515. The number of hydrogen-bond donors (Lipinski definition) is 3. The highest BCUT2D eigenvalue weighted by atomic mass is 16.5. The van der Waals surface area contributed by atoms with E-state index >= 15 is 0 Å². The van der Waals surface area contributed by atoms with Crippen LogP contribution in [0.2, 0.25) is 0 Å². The molecule has 0 aliphatic heterocycles. The van der Waals surface area contributed by atoms with Crippen LogP contribution in [-0.2, 0) is 14.3 Å². The molecular formula is C15H31N3O3. The summed E-state index contributed by atoms with van der Waals surface area (Å²) in [5.41, 5.74) is 4.64. The number of hydrogen-bond acceptors (Lipinski definition) is 5. The smallest absolute Gasteiger partial charge is 0.326 e. The minimum Gasteiger partial charge on any atom is -0.465 e. The summed E-state index contributed by atoms with van der Waals surface area (Å²) in [6.45, 7) is 6.78. The van der Waals surface area contributed by atoms with Crippen molar-refractivity contribution >= 4 is 11.9 Å². The van der Waals surface area contributed by atoms with Crippen LogP contribution < -0.4 is 16.4 Å². The second-order valence-electron chi connectivity index (χ2n) is 5.43. The summed E-state index contributed by atoms with van der Waals surface area (Å²) >= 11 is 0. The predicted octanol–water partition coefficient (Wildman–Crippen LogP) is 0.942. The van der Waals surface area contributed by atoms with Crippen LogP contribution in [-0.4, -0.2) is 43.7 Å². The van der Waals surface area contributed by atoms with E-state index in [1.807, 2.05) is 20.8 Å². The first-order chi connectivity index (χ1) is 9.91. The molecule has 0 saturated carbocycles. The molecule has 0 aromatic rings. The molecule has 0 bridgehead atoms. The van der Waals surface area contributed by atoms with Crippen molar-refractivity contribution in [3.05, 3.63) is 0 Å². The number of nitrogens with two attached hydrogens (primary N) is 1. The number of unbranched alkanes of at least 4 members (excludes halogenated alkanes) is 2. The van der Waals surface area contributed by atoms with Crippen molar-refractivity contribution in [2.75, 3.05) is 20.2 Å². The molecule has 0 fully saturated rings. The van der Waals surface area contributed by atoms with E-state index in [1.54, 1.807) is 7.05 Å². The van der Waals surface area contributed by atoms with Gasteiger partial charge in [0.1, 0.15) is 5.54 Å². The van der Waals surface area contributed by atoms with Crippen molar-refractivity contribution in [1.29, 1.82) is 0 Å². The standard InChI is InChI=1S/C15H31N3O3/c1-5-18-15(3,14(20)21-6-2)11-9-7-8-10-12(17-4)13(16)19/h12,17-18H,5-11H2,1-4H3,(H2,16,19). The van der Waals surface area contributed by atoms with Gasteiger partial charge in [-0.3, -0.25) is 9.59 Å². The van der Waals surface area contributed by atoms with E-state index in [9.17, 15) is 9.59 Å². The number of likely N-dealkylation sites (N-methyl/N-ethyl adjacent to an activating group) is 2. The van der Waals surface area contributed by atoms with Gasteiger partial charge >= 0.3 is 5.97 Å². The zero-order valence-corrected chi connectivity index (χ0v) is 13.8. The molecule has 124 valence electrons. The molecule has 6 heteroatoms. The van der Waals surface area contributed by atoms with Gasteiger partial charge in [0.2, 0.25) is 5.91 Å². The Balaban J connectivity index is 4.15. The Kier molecular flexibility index (Phi) is 9.99. The largest absolute Gasteiger partial charge is 0.465 e. The molecule has 0 aromatic carbocycles. The number of esters is 1. The molecule has 2 atom stereocenters. The summed E-state index contributed by atoms with van der Waals surface area (Å²) in [5, 5.41) is 6.11. The fraction of sp³-hybridized carbons (Fsp3) is 0.867. The predicted molar refractivity (Wildman–Crippen MR) is 83.8 cm³/mol. The minimum absolute atomic E-state index is 0.197. The average Bonchev–Trinajstić information content (AvgIpc) is 2.43. The third-order valence-corrected chi connectivity index (χ3v) is 3.65. The van der Waals surface area contributed by atoms with Gasteiger partial charge in [-0.1, -0.05) is 26.2 Å². The number of rotatable bonds is 12. The van der Waals surface area contributed by atoms with Crippen molar-refractivity contribution in [3.8, 4) is 0 Å². The molecule has 0 heterocycles. The van der Waals surface area contributed by atoms with E-state index in [2.05, 4.69) is 10.6 Å². The van der Waals surface area contributed by atoms with Crippen LogP contribution in [0.1, 0.15) is 52.9 Å². The molecule has 21 heavy (non-hydrogen) atoms. The molecule has 0 aliphatic rings. The van der Waals surface area contributed by atoms with E-state index < -0.39 is 5.54 Å². The van der Waals surface area contributed by atoms with Crippen molar-refractivity contribution in [2.24, 2.45) is 5.73 Å². The first-order valence-electron chi connectivity index (χ1n) is 7.80. The fourth-order valence-corrected chi connectivity index (χ4v) is 2.38. The van der Waals surface area contributed by atoms with Gasteiger partial charge in [-0.15, -0.1) is 0 Å². The Morgan fingerprint density at radius 3 is 2.38 bits per heavy atom. The maximum absolute atomic E-state index is 12.0. The number of nitrogens with one attached hydrogen (secondary N) is 2. The number of carbonyl (C=O) groups excluding carboxylic acids is 2. The monoisotopic (exact) mass is 301 g/mol. The fourth-order valence-electron chi connectivity index (χ4n) is 2.38. The maximum atomic E-state index is 12.0. The number of carbonyl (C=O) groups is 2. The topological polar surface area (TPSA) is 93.5 Å². The number of ether oxygens (including phenoxy) is 1. The van der Waals surface area contributed by atoms with Gasteiger partial charge in [-0.2, -0.15) is 0 Å². The molecule has 0 radical (unpaired) electrons. The Labute approximate surface area is 128 Å². The summed E-state index contributed by atoms with van der Waals surface area (Å²) in [7, 11) is 1.73. The molecule has 0 rings (SSSR count). The van der Waals surface area contributed by atoms with Gasteiger partial charge in [0.15, 0.2) is 0 Å². The van der Waals surface area contributed by atoms with Crippen LogP contribution in [0.3, 0.4) is 0 Å². The Bertz CT molecular complexity index is 323. The Morgan fingerprint density at radius 2 is 1.90 bits per heavy atom. The van der Waals surface area contributed by atoms with Gasteiger partial charge in [0.25, 0.3) is 0 Å². The molecule has 4 N–H and O–H groups in total. The van der Waals surface area contributed by atoms with E-state index in [0.717, 1.165) is 38.6 Å². The van der Waals surface area contributed by atoms with Gasteiger partial charge in [0, 0.05) is 0 Å². The van der Waals surface area contributed by atoms with Gasteiger partial charge in [-0.25, -0.2) is 0 Å². The number of amides is 1. The van der Waals surface area contributed by atoms with Gasteiger partial charge < -0.3 is 21.1 Å². The number of primary amides is 1. The quantitative estimate of drug-likeness (QED) is 0.368. The van der Waals surface area contributed by atoms with Crippen molar-refractivity contribution in [1.82, 2.24) is 10.6 Å². The minimum atomic E-state index is -0.628. The lowest BCUT2D eigenvalue weighted by atomic mass is 9.93. The highest BCUT2D eigenvalue weighted by molar-refractivity contribution is 5.80. The van der Waals surface area contributed by atoms with Crippen LogP contribution in [0.25, 0.3) is 0 Å². The van der Waals surface area contributed by atoms with Crippen LogP contribution in [0, 0.1) is 0 Å². The first-order valence-corrected chi connectivity index (χ1v) is 7.80. The zero-order valence-electron chi connectivity index (χ0n) is 13.8. The highest BCUT2D eigenvalue weighted by Gasteiger charge is 2.32.